The van der Waals surface area contributed by atoms with Gasteiger partial charge in [-0.05, 0) is 61.4 Å². The molecule has 0 bridgehead atoms. The number of carbonyl (C=O) groups is 3. The average Bonchev–Trinajstić information content (AvgIpc) is 3.06. The minimum Gasteiger partial charge on any atom is -0.495 e. The maximum absolute atomic E-state index is 13.4. The number of hydrogen-bond donors (Lipinski definition) is 0. The number of esters is 1. The Bertz CT molecular complexity index is 1610. The summed E-state index contributed by atoms with van der Waals surface area (Å²) in [7, 11) is 1.64. The molecule has 3 aromatic rings. The number of methoxy groups -OCH3 is 1. The average molecular weight is 636 g/mol. The van der Waals surface area contributed by atoms with Crippen molar-refractivity contribution in [1.29, 1.82) is 0 Å². The largest absolute Gasteiger partial charge is 0.495 e. The van der Waals surface area contributed by atoms with Crippen LogP contribution in [-0.4, -0.2) is 67.5 Å². The van der Waals surface area contributed by atoms with Gasteiger partial charge in [0, 0.05) is 49.8 Å². The van der Waals surface area contributed by atoms with Crippen LogP contribution in [0.3, 0.4) is 0 Å². The molecule has 2 heterocycles. The number of carbonyl (C=O) groups excluding carboxylic acids is 3. The van der Waals surface area contributed by atoms with E-state index in [1.54, 1.807) is 45.2 Å². The molecule has 0 aliphatic carbocycles. The molecule has 0 radical (unpaired) electrons. The standard InChI is InChI=1S/C35H36F3N3O5/c1-4-46-34(44)32-23(2)41(31(42)21-28(32)25-13-15-27(16-14-25)35(36,37)38)22-24-9-11-26(12-10-24)33(43)40-19-17-39(18-20-40)29-7-5-6-8-30(29)45-3/h5-16,28H,4,17-22H2,1-3H3. The first kappa shape index (κ1) is 32.6. The van der Waals surface area contributed by atoms with Gasteiger partial charge in [-0.1, -0.05) is 36.4 Å². The summed E-state index contributed by atoms with van der Waals surface area (Å²) < 4.78 is 50.2. The molecule has 0 N–H and O–H groups in total. The second-order valence-corrected chi connectivity index (χ2v) is 11.2. The number of allylic oxidation sites excluding steroid dienone is 1. The molecule has 1 fully saturated rings. The summed E-state index contributed by atoms with van der Waals surface area (Å²) in [4.78, 5) is 45.3. The number of halogens is 3. The molecule has 0 aromatic heterocycles. The molecule has 242 valence electrons. The minimum absolute atomic E-state index is 0.0830. The number of alkyl halides is 3. The lowest BCUT2D eigenvalue weighted by atomic mass is 9.83. The highest BCUT2D eigenvalue weighted by molar-refractivity contribution is 5.96. The Labute approximate surface area is 266 Å². The molecule has 0 saturated carbocycles. The van der Waals surface area contributed by atoms with Gasteiger partial charge in [-0.2, -0.15) is 13.2 Å². The van der Waals surface area contributed by atoms with E-state index in [9.17, 15) is 27.6 Å². The van der Waals surface area contributed by atoms with Crippen LogP contribution in [0.5, 0.6) is 5.75 Å². The number of hydrogen-bond acceptors (Lipinski definition) is 6. The van der Waals surface area contributed by atoms with E-state index in [2.05, 4.69) is 4.90 Å². The van der Waals surface area contributed by atoms with E-state index in [4.69, 9.17) is 9.47 Å². The molecule has 1 atom stereocenters. The van der Waals surface area contributed by atoms with Crippen LogP contribution in [0.1, 0.15) is 53.2 Å². The van der Waals surface area contributed by atoms with Crippen LogP contribution in [0.15, 0.2) is 84.1 Å². The Morgan fingerprint density at radius 1 is 0.913 bits per heavy atom. The Morgan fingerprint density at radius 3 is 2.17 bits per heavy atom. The van der Waals surface area contributed by atoms with E-state index >= 15 is 0 Å². The highest BCUT2D eigenvalue weighted by atomic mass is 19.4. The van der Waals surface area contributed by atoms with E-state index in [1.165, 1.54) is 17.0 Å². The first-order chi connectivity index (χ1) is 22.0. The van der Waals surface area contributed by atoms with Gasteiger partial charge < -0.3 is 24.2 Å². The molecular weight excluding hydrogens is 599 g/mol. The zero-order valence-electron chi connectivity index (χ0n) is 26.0. The van der Waals surface area contributed by atoms with Crippen LogP contribution in [0.4, 0.5) is 18.9 Å². The highest BCUT2D eigenvalue weighted by Gasteiger charge is 2.38. The van der Waals surface area contributed by atoms with E-state index in [0.717, 1.165) is 29.1 Å². The van der Waals surface area contributed by atoms with Crippen molar-refractivity contribution in [1.82, 2.24) is 9.80 Å². The highest BCUT2D eigenvalue weighted by Crippen LogP contribution is 2.39. The van der Waals surface area contributed by atoms with Gasteiger partial charge in [-0.3, -0.25) is 9.59 Å². The second-order valence-electron chi connectivity index (χ2n) is 11.2. The topological polar surface area (TPSA) is 79.4 Å². The molecule has 46 heavy (non-hydrogen) atoms. The molecular formula is C35H36F3N3O5. The predicted octanol–water partition coefficient (Wildman–Crippen LogP) is 6.03. The number of amides is 2. The lowest BCUT2D eigenvalue weighted by Crippen LogP contribution is -2.48. The van der Waals surface area contributed by atoms with E-state index < -0.39 is 23.6 Å². The molecule has 2 aliphatic rings. The van der Waals surface area contributed by atoms with Crippen LogP contribution in [0.25, 0.3) is 0 Å². The number of para-hydroxylation sites is 2. The zero-order valence-corrected chi connectivity index (χ0v) is 26.0. The van der Waals surface area contributed by atoms with Crippen molar-refractivity contribution in [2.75, 3.05) is 44.8 Å². The summed E-state index contributed by atoms with van der Waals surface area (Å²) in [5.74, 6) is -0.925. The maximum atomic E-state index is 13.4. The Balaban J connectivity index is 1.29. The van der Waals surface area contributed by atoms with Crippen LogP contribution in [0, 0.1) is 0 Å². The number of piperazine rings is 1. The van der Waals surface area contributed by atoms with Gasteiger partial charge in [0.15, 0.2) is 0 Å². The van der Waals surface area contributed by atoms with Crippen molar-refractivity contribution in [3.63, 3.8) is 0 Å². The molecule has 1 unspecified atom stereocenters. The van der Waals surface area contributed by atoms with Crippen LogP contribution in [-0.2, 0) is 27.0 Å². The SMILES string of the molecule is CCOC(=O)C1=C(C)N(Cc2ccc(C(=O)N3CCN(c4ccccc4OC)CC3)cc2)C(=O)CC1c1ccc(C(F)(F)F)cc1. The maximum Gasteiger partial charge on any atom is 0.416 e. The summed E-state index contributed by atoms with van der Waals surface area (Å²) in [5.41, 5.74) is 2.51. The smallest absolute Gasteiger partial charge is 0.416 e. The molecule has 11 heteroatoms. The minimum atomic E-state index is -4.50. The number of rotatable bonds is 8. The first-order valence-corrected chi connectivity index (χ1v) is 15.1. The van der Waals surface area contributed by atoms with Gasteiger partial charge in [0.2, 0.25) is 5.91 Å². The second kappa shape index (κ2) is 13.7. The lowest BCUT2D eigenvalue weighted by molar-refractivity contribution is -0.140. The molecule has 2 aliphatic heterocycles. The van der Waals surface area contributed by atoms with Crippen molar-refractivity contribution in [3.05, 3.63) is 106 Å². The zero-order chi connectivity index (χ0) is 33.0. The van der Waals surface area contributed by atoms with Crippen molar-refractivity contribution in [2.24, 2.45) is 0 Å². The van der Waals surface area contributed by atoms with Crippen molar-refractivity contribution in [3.8, 4) is 5.75 Å². The fourth-order valence-electron chi connectivity index (χ4n) is 6.03. The Hall–Kier alpha value is -4.80. The first-order valence-electron chi connectivity index (χ1n) is 15.1. The summed E-state index contributed by atoms with van der Waals surface area (Å²) in [6.07, 6.45) is -4.60. The third-order valence-corrected chi connectivity index (χ3v) is 8.49. The van der Waals surface area contributed by atoms with E-state index in [0.29, 0.717) is 43.0 Å². The van der Waals surface area contributed by atoms with Gasteiger partial charge in [-0.25, -0.2) is 4.79 Å². The van der Waals surface area contributed by atoms with Crippen molar-refractivity contribution < 1.29 is 37.0 Å². The number of benzene rings is 3. The Kier molecular flexibility index (Phi) is 9.69. The van der Waals surface area contributed by atoms with Gasteiger partial charge in [0.1, 0.15) is 5.75 Å². The normalized spacial score (nSPS) is 17.3. The monoisotopic (exact) mass is 635 g/mol. The van der Waals surface area contributed by atoms with E-state index in [-0.39, 0.29) is 37.0 Å². The van der Waals surface area contributed by atoms with Crippen LogP contribution < -0.4 is 9.64 Å². The number of anilines is 1. The summed E-state index contributed by atoms with van der Waals surface area (Å²) in [6.45, 7) is 6.02. The fraction of sp³-hybridized carbons (Fsp3) is 0.343. The molecule has 1 saturated heterocycles. The van der Waals surface area contributed by atoms with Gasteiger partial charge in [0.05, 0.1) is 37.1 Å². The van der Waals surface area contributed by atoms with Crippen LogP contribution in [0.2, 0.25) is 0 Å². The number of nitrogens with zero attached hydrogens (tertiary/aromatic N) is 3. The molecule has 2 amide bonds. The van der Waals surface area contributed by atoms with E-state index in [1.807, 2.05) is 29.2 Å². The van der Waals surface area contributed by atoms with Gasteiger partial charge in [0.25, 0.3) is 5.91 Å². The summed E-state index contributed by atoms with van der Waals surface area (Å²) in [6, 6.07) is 19.3. The Morgan fingerprint density at radius 2 is 1.57 bits per heavy atom. The predicted molar refractivity (Wildman–Crippen MR) is 166 cm³/mol. The molecule has 8 nitrogen and oxygen atoms in total. The van der Waals surface area contributed by atoms with Crippen molar-refractivity contribution >= 4 is 23.5 Å². The lowest BCUT2D eigenvalue weighted by Gasteiger charge is -2.36. The van der Waals surface area contributed by atoms with Gasteiger partial charge in [-0.15, -0.1) is 0 Å². The fourth-order valence-corrected chi connectivity index (χ4v) is 6.03. The third-order valence-electron chi connectivity index (χ3n) is 8.49. The number of ether oxygens (including phenoxy) is 2. The molecule has 3 aromatic carbocycles. The summed E-state index contributed by atoms with van der Waals surface area (Å²) >= 11 is 0. The van der Waals surface area contributed by atoms with Gasteiger partial charge >= 0.3 is 12.1 Å². The molecule has 0 spiro atoms. The third kappa shape index (κ3) is 6.88. The molecule has 5 rings (SSSR count). The summed E-state index contributed by atoms with van der Waals surface area (Å²) in [5, 5.41) is 0. The van der Waals surface area contributed by atoms with Crippen molar-refractivity contribution in [2.45, 2.75) is 38.9 Å². The quantitative estimate of drug-likeness (QED) is 0.282. The van der Waals surface area contributed by atoms with Crippen LogP contribution >= 0.6 is 0 Å².